The molecule has 0 bridgehead atoms. The zero-order valence-electron chi connectivity index (χ0n) is 7.88. The molecule has 0 unspecified atom stereocenters. The highest BCUT2D eigenvalue weighted by atomic mass is 32.1. The van der Waals surface area contributed by atoms with Crippen LogP contribution in [0.2, 0.25) is 0 Å². The highest BCUT2D eigenvalue weighted by Gasteiger charge is 2.10. The van der Waals surface area contributed by atoms with Crippen LogP contribution in [-0.2, 0) is 13.0 Å². The van der Waals surface area contributed by atoms with Crippen LogP contribution in [0.15, 0.2) is 18.2 Å². The van der Waals surface area contributed by atoms with Crippen molar-refractivity contribution in [3.05, 3.63) is 34.5 Å². The van der Waals surface area contributed by atoms with E-state index >= 15 is 0 Å². The molecule has 2 rings (SSSR count). The summed E-state index contributed by atoms with van der Waals surface area (Å²) in [4.78, 5) is 0. The third-order valence-corrected chi connectivity index (χ3v) is 3.37. The average Bonchev–Trinajstić information content (AvgIpc) is 2.52. The number of fused-ring (bicyclic) bond motifs is 1. The fourth-order valence-corrected chi connectivity index (χ4v) is 2.45. The highest BCUT2D eigenvalue weighted by Crippen LogP contribution is 2.30. The molecule has 0 atom stereocenters. The van der Waals surface area contributed by atoms with Crippen molar-refractivity contribution in [3.63, 3.8) is 0 Å². The van der Waals surface area contributed by atoms with E-state index in [4.69, 9.17) is 5.11 Å². The molecular weight excluding hydrogens is 199 g/mol. The number of aliphatic hydroxyl groups is 1. The number of aliphatic hydroxyl groups excluding tert-OH is 1. The molecule has 0 saturated carbocycles. The molecule has 0 fully saturated rings. The molecule has 1 N–H and O–H groups in total. The summed E-state index contributed by atoms with van der Waals surface area (Å²) in [6.45, 7) is 1.83. The second-order valence-corrected chi connectivity index (χ2v) is 4.20. The van der Waals surface area contributed by atoms with Gasteiger partial charge in [-0.25, -0.2) is 0 Å². The van der Waals surface area contributed by atoms with E-state index in [0.717, 1.165) is 27.8 Å². The van der Waals surface area contributed by atoms with Crippen LogP contribution in [-0.4, -0.2) is 5.11 Å². The van der Waals surface area contributed by atoms with Crippen LogP contribution in [0.1, 0.15) is 18.1 Å². The van der Waals surface area contributed by atoms with Crippen molar-refractivity contribution < 1.29 is 9.50 Å². The molecule has 0 spiro atoms. The van der Waals surface area contributed by atoms with E-state index in [1.54, 1.807) is 0 Å². The molecule has 1 nitrogen and oxygen atoms in total. The van der Waals surface area contributed by atoms with Crippen LogP contribution in [0.25, 0.3) is 10.1 Å². The minimum absolute atomic E-state index is 0.223. The number of benzene rings is 1. The summed E-state index contributed by atoms with van der Waals surface area (Å²) in [6, 6.07) is 5.88. The van der Waals surface area contributed by atoms with E-state index in [-0.39, 0.29) is 11.7 Å². The molecule has 1 aromatic carbocycles. The Morgan fingerprint density at radius 1 is 1.43 bits per heavy atom. The van der Waals surface area contributed by atoms with Crippen LogP contribution < -0.4 is 0 Å². The van der Waals surface area contributed by atoms with Gasteiger partial charge in [0.05, 0.1) is 6.61 Å². The van der Waals surface area contributed by atoms with Crippen LogP contribution >= 0.6 is 11.3 Å². The second kappa shape index (κ2) is 3.67. The van der Waals surface area contributed by atoms with Crippen LogP contribution in [0, 0.1) is 5.13 Å². The molecule has 2 aromatic rings. The zero-order chi connectivity index (χ0) is 10.1. The third kappa shape index (κ3) is 1.42. The topological polar surface area (TPSA) is 20.2 Å². The third-order valence-electron chi connectivity index (χ3n) is 2.37. The molecule has 0 saturated heterocycles. The Morgan fingerprint density at radius 2 is 2.21 bits per heavy atom. The largest absolute Gasteiger partial charge is 0.392 e. The molecule has 74 valence electrons. The fraction of sp³-hybridized carbons (Fsp3) is 0.273. The Labute approximate surface area is 85.8 Å². The molecule has 0 amide bonds. The Balaban J connectivity index is 2.71. The lowest BCUT2D eigenvalue weighted by atomic mass is 10.1. The Kier molecular flexibility index (Phi) is 2.52. The number of halogens is 1. The quantitative estimate of drug-likeness (QED) is 0.807. The van der Waals surface area contributed by atoms with Gasteiger partial charge >= 0.3 is 0 Å². The summed E-state index contributed by atoms with van der Waals surface area (Å²) in [5.74, 6) is 0. The predicted octanol–water partition coefficient (Wildman–Crippen LogP) is 3.10. The first-order chi connectivity index (χ1) is 6.76. The van der Waals surface area contributed by atoms with Gasteiger partial charge in [-0.2, -0.15) is 4.39 Å². The predicted molar refractivity (Wildman–Crippen MR) is 57.1 cm³/mol. The Bertz CT molecular complexity index is 462. The summed E-state index contributed by atoms with van der Waals surface area (Å²) in [5.41, 5.74) is 1.60. The van der Waals surface area contributed by atoms with Crippen LogP contribution in [0.5, 0.6) is 0 Å². The lowest BCUT2D eigenvalue weighted by Gasteiger charge is -1.97. The summed E-state index contributed by atoms with van der Waals surface area (Å²) < 4.78 is 14.2. The SMILES string of the molecule is CCc1ccc2sc(F)c(CO)c2c1. The van der Waals surface area contributed by atoms with Crippen molar-refractivity contribution >= 4 is 21.4 Å². The lowest BCUT2D eigenvalue weighted by molar-refractivity contribution is 0.279. The monoisotopic (exact) mass is 210 g/mol. The van der Waals surface area contributed by atoms with Gasteiger partial charge in [-0.1, -0.05) is 13.0 Å². The van der Waals surface area contributed by atoms with Gasteiger partial charge < -0.3 is 5.11 Å². The molecule has 0 aliphatic carbocycles. The van der Waals surface area contributed by atoms with E-state index in [1.165, 1.54) is 5.56 Å². The van der Waals surface area contributed by atoms with Crippen LogP contribution in [0.3, 0.4) is 0 Å². The van der Waals surface area contributed by atoms with Crippen molar-refractivity contribution in [3.8, 4) is 0 Å². The normalized spacial score (nSPS) is 11.1. The molecule has 0 aliphatic heterocycles. The van der Waals surface area contributed by atoms with Crippen molar-refractivity contribution in [1.82, 2.24) is 0 Å². The first-order valence-corrected chi connectivity index (χ1v) is 5.38. The number of rotatable bonds is 2. The molecule has 3 heteroatoms. The highest BCUT2D eigenvalue weighted by molar-refractivity contribution is 7.17. The fourth-order valence-electron chi connectivity index (χ4n) is 1.53. The maximum Gasteiger partial charge on any atom is 0.183 e. The second-order valence-electron chi connectivity index (χ2n) is 3.20. The van der Waals surface area contributed by atoms with Crippen molar-refractivity contribution in [2.75, 3.05) is 0 Å². The van der Waals surface area contributed by atoms with E-state index in [0.29, 0.717) is 5.56 Å². The molecular formula is C11H11FOS. The summed E-state index contributed by atoms with van der Waals surface area (Å²) >= 11 is 1.10. The van der Waals surface area contributed by atoms with Gasteiger partial charge in [0, 0.05) is 15.6 Å². The minimum Gasteiger partial charge on any atom is -0.392 e. The van der Waals surface area contributed by atoms with Crippen LogP contribution in [0.4, 0.5) is 4.39 Å². The number of hydrogen-bond acceptors (Lipinski definition) is 2. The number of aryl methyl sites for hydroxylation is 1. The van der Waals surface area contributed by atoms with Gasteiger partial charge in [0.1, 0.15) is 0 Å². The average molecular weight is 210 g/mol. The summed E-state index contributed by atoms with van der Waals surface area (Å²) in [6.07, 6.45) is 0.929. The van der Waals surface area contributed by atoms with Crippen molar-refractivity contribution in [2.24, 2.45) is 0 Å². The van der Waals surface area contributed by atoms with Gasteiger partial charge in [0.15, 0.2) is 5.13 Å². The van der Waals surface area contributed by atoms with Gasteiger partial charge in [-0.3, -0.25) is 0 Å². The smallest absolute Gasteiger partial charge is 0.183 e. The van der Waals surface area contributed by atoms with E-state index in [1.807, 2.05) is 18.2 Å². The summed E-state index contributed by atoms with van der Waals surface area (Å²) in [5, 5.41) is 9.62. The van der Waals surface area contributed by atoms with E-state index in [9.17, 15) is 4.39 Å². The zero-order valence-corrected chi connectivity index (χ0v) is 8.70. The standard InChI is InChI=1S/C11H11FOS/c1-2-7-3-4-10-8(5-7)9(6-13)11(12)14-10/h3-5,13H,2,6H2,1H3. The van der Waals surface area contributed by atoms with Gasteiger partial charge in [0.2, 0.25) is 0 Å². The maximum absolute atomic E-state index is 13.3. The molecule has 1 aromatic heterocycles. The van der Waals surface area contributed by atoms with Gasteiger partial charge in [-0.05, 0) is 24.1 Å². The number of thiophene rings is 1. The maximum atomic E-state index is 13.3. The van der Waals surface area contributed by atoms with Crippen molar-refractivity contribution in [2.45, 2.75) is 20.0 Å². The van der Waals surface area contributed by atoms with Crippen molar-refractivity contribution in [1.29, 1.82) is 0 Å². The summed E-state index contributed by atoms with van der Waals surface area (Å²) in [7, 11) is 0. The molecule has 14 heavy (non-hydrogen) atoms. The minimum atomic E-state index is -0.268. The lowest BCUT2D eigenvalue weighted by Crippen LogP contribution is -1.84. The van der Waals surface area contributed by atoms with Gasteiger partial charge in [0.25, 0.3) is 0 Å². The Hall–Kier alpha value is -0.930. The number of hydrogen-bond donors (Lipinski definition) is 1. The first-order valence-electron chi connectivity index (χ1n) is 4.57. The molecule has 0 aliphatic rings. The Morgan fingerprint density at radius 3 is 2.86 bits per heavy atom. The first kappa shape index (κ1) is 9.62. The molecule has 0 radical (unpaired) electrons. The van der Waals surface area contributed by atoms with Gasteiger partial charge in [-0.15, -0.1) is 11.3 Å². The van der Waals surface area contributed by atoms with E-state index in [2.05, 4.69) is 6.92 Å². The van der Waals surface area contributed by atoms with E-state index < -0.39 is 0 Å². The molecule has 1 heterocycles.